The molecular weight excluding hydrogens is 406 g/mol. The fraction of sp³-hybridized carbons (Fsp3) is 0.150. The summed E-state index contributed by atoms with van der Waals surface area (Å²) < 4.78 is 55.0. The number of pyridine rings is 1. The number of hydrogen-bond acceptors (Lipinski definition) is 4. The number of urea groups is 1. The number of para-hydroxylation sites is 1. The molecule has 3 amide bonds. The molecule has 0 spiro atoms. The fourth-order valence-electron chi connectivity index (χ4n) is 3.25. The van der Waals surface area contributed by atoms with Crippen LogP contribution in [0.3, 0.4) is 0 Å². The molecule has 1 aliphatic heterocycles. The zero-order valence-corrected chi connectivity index (χ0v) is 15.2. The Labute approximate surface area is 167 Å². The zero-order chi connectivity index (χ0) is 21.5. The minimum Gasteiger partial charge on any atom is -0.406 e. The number of carbonyl (C=O) groups is 2. The van der Waals surface area contributed by atoms with Crippen LogP contribution < -0.4 is 9.64 Å². The molecule has 10 heteroatoms. The number of nitrogens with zero attached hydrogens (tertiary/aromatic N) is 3. The standard InChI is InChI=1S/C20H13F4N3O3/c21-16-9-25-17-4-2-1-3-14(17)15(16)10-26-11-18(28)27(19(26)29)12-5-7-13(8-6-12)30-20(22,23)24/h1-9H,10-11H2. The van der Waals surface area contributed by atoms with E-state index in [0.717, 1.165) is 28.1 Å². The lowest BCUT2D eigenvalue weighted by Crippen LogP contribution is -2.33. The highest BCUT2D eigenvalue weighted by Crippen LogP contribution is 2.29. The number of rotatable bonds is 4. The van der Waals surface area contributed by atoms with Crippen LogP contribution in [0.2, 0.25) is 0 Å². The van der Waals surface area contributed by atoms with Gasteiger partial charge in [-0.25, -0.2) is 14.1 Å². The average Bonchev–Trinajstić information content (AvgIpc) is 2.97. The summed E-state index contributed by atoms with van der Waals surface area (Å²) in [6.45, 7) is -0.457. The van der Waals surface area contributed by atoms with E-state index in [-0.39, 0.29) is 24.3 Å². The highest BCUT2D eigenvalue weighted by atomic mass is 19.4. The number of imide groups is 1. The SMILES string of the molecule is O=C1CN(Cc2c(F)cnc3ccccc23)C(=O)N1c1ccc(OC(F)(F)F)cc1. The number of aromatic nitrogens is 1. The number of alkyl halides is 3. The van der Waals surface area contributed by atoms with Gasteiger partial charge >= 0.3 is 12.4 Å². The van der Waals surface area contributed by atoms with E-state index in [9.17, 15) is 27.2 Å². The zero-order valence-electron chi connectivity index (χ0n) is 15.2. The van der Waals surface area contributed by atoms with Crippen molar-refractivity contribution in [1.82, 2.24) is 9.88 Å². The molecule has 0 atom stereocenters. The fourth-order valence-corrected chi connectivity index (χ4v) is 3.25. The average molecular weight is 419 g/mol. The van der Waals surface area contributed by atoms with Gasteiger partial charge in [-0.3, -0.25) is 9.78 Å². The maximum Gasteiger partial charge on any atom is 0.573 e. The van der Waals surface area contributed by atoms with Crippen molar-refractivity contribution in [2.45, 2.75) is 12.9 Å². The van der Waals surface area contributed by atoms with Gasteiger partial charge in [-0.05, 0) is 30.3 Å². The lowest BCUT2D eigenvalue weighted by atomic mass is 10.1. The van der Waals surface area contributed by atoms with Crippen LogP contribution in [0, 0.1) is 5.82 Å². The molecule has 0 radical (unpaired) electrons. The Kier molecular flexibility index (Phi) is 4.76. The summed E-state index contributed by atoms with van der Waals surface area (Å²) in [6.07, 6.45) is -3.80. The Balaban J connectivity index is 1.57. The highest BCUT2D eigenvalue weighted by Gasteiger charge is 2.38. The smallest absolute Gasteiger partial charge is 0.406 e. The molecule has 0 aliphatic carbocycles. The van der Waals surface area contributed by atoms with E-state index in [1.165, 1.54) is 12.1 Å². The molecule has 154 valence electrons. The molecule has 0 saturated carbocycles. The first-order valence-electron chi connectivity index (χ1n) is 8.73. The summed E-state index contributed by atoms with van der Waals surface area (Å²) in [5.41, 5.74) is 0.851. The summed E-state index contributed by atoms with van der Waals surface area (Å²) in [7, 11) is 0. The van der Waals surface area contributed by atoms with Crippen LogP contribution in [0.4, 0.5) is 28.0 Å². The molecule has 1 fully saturated rings. The minimum atomic E-state index is -4.85. The summed E-state index contributed by atoms with van der Waals surface area (Å²) in [4.78, 5) is 31.1. The largest absolute Gasteiger partial charge is 0.573 e. The number of hydrogen-bond donors (Lipinski definition) is 0. The molecule has 0 N–H and O–H groups in total. The quantitative estimate of drug-likeness (QED) is 0.469. The molecule has 4 rings (SSSR count). The number of halogens is 4. The number of carbonyl (C=O) groups excluding carboxylic acids is 2. The van der Waals surface area contributed by atoms with Gasteiger partial charge in [-0.2, -0.15) is 0 Å². The number of amides is 3. The second kappa shape index (κ2) is 7.29. The second-order valence-corrected chi connectivity index (χ2v) is 6.51. The maximum absolute atomic E-state index is 14.4. The molecule has 6 nitrogen and oxygen atoms in total. The van der Waals surface area contributed by atoms with Crippen molar-refractivity contribution < 1.29 is 31.9 Å². The van der Waals surface area contributed by atoms with Gasteiger partial charge < -0.3 is 9.64 Å². The Morgan fingerprint density at radius 2 is 1.73 bits per heavy atom. The Morgan fingerprint density at radius 1 is 1.03 bits per heavy atom. The van der Waals surface area contributed by atoms with Crippen molar-refractivity contribution in [3.05, 3.63) is 66.1 Å². The number of ether oxygens (including phenoxy) is 1. The molecule has 0 bridgehead atoms. The van der Waals surface area contributed by atoms with E-state index >= 15 is 0 Å². The molecule has 1 aromatic heterocycles. The maximum atomic E-state index is 14.4. The molecule has 3 aromatic rings. The van der Waals surface area contributed by atoms with Gasteiger partial charge in [0.2, 0.25) is 0 Å². The van der Waals surface area contributed by atoms with Gasteiger partial charge in [-0.1, -0.05) is 18.2 Å². The lowest BCUT2D eigenvalue weighted by molar-refractivity contribution is -0.274. The van der Waals surface area contributed by atoms with Gasteiger partial charge in [0.1, 0.15) is 18.1 Å². The molecule has 1 aliphatic rings. The van der Waals surface area contributed by atoms with Gasteiger partial charge in [0.25, 0.3) is 5.91 Å². The van der Waals surface area contributed by atoms with Crippen LogP contribution in [0.15, 0.2) is 54.7 Å². The van der Waals surface area contributed by atoms with Crippen LogP contribution in [0.25, 0.3) is 10.9 Å². The van der Waals surface area contributed by atoms with Gasteiger partial charge in [0, 0.05) is 10.9 Å². The van der Waals surface area contributed by atoms with Gasteiger partial charge in [0.15, 0.2) is 0 Å². The first kappa shape index (κ1) is 19.6. The van der Waals surface area contributed by atoms with Crippen LogP contribution in [-0.4, -0.2) is 34.7 Å². The summed E-state index contributed by atoms with van der Waals surface area (Å²) in [5.74, 6) is -1.67. The third-order valence-corrected chi connectivity index (χ3v) is 4.55. The lowest BCUT2D eigenvalue weighted by Gasteiger charge is -2.18. The van der Waals surface area contributed by atoms with Crippen LogP contribution in [-0.2, 0) is 11.3 Å². The number of anilines is 1. The predicted octanol–water partition coefficient (Wildman–Crippen LogP) is 4.24. The minimum absolute atomic E-state index is 0.0853. The van der Waals surface area contributed by atoms with Crippen LogP contribution >= 0.6 is 0 Å². The highest BCUT2D eigenvalue weighted by molar-refractivity contribution is 6.19. The third-order valence-electron chi connectivity index (χ3n) is 4.55. The molecule has 1 saturated heterocycles. The molecule has 2 aromatic carbocycles. The van der Waals surface area contributed by atoms with Crippen LogP contribution in [0.1, 0.15) is 5.56 Å². The van der Waals surface area contributed by atoms with Gasteiger partial charge in [0.05, 0.1) is 23.9 Å². The van der Waals surface area contributed by atoms with E-state index < -0.39 is 29.9 Å². The summed E-state index contributed by atoms with van der Waals surface area (Å²) in [6, 6.07) is 10.5. The summed E-state index contributed by atoms with van der Waals surface area (Å²) >= 11 is 0. The van der Waals surface area contributed by atoms with E-state index in [1.54, 1.807) is 24.3 Å². The topological polar surface area (TPSA) is 62.7 Å². The van der Waals surface area contributed by atoms with Crippen molar-refractivity contribution in [3.63, 3.8) is 0 Å². The first-order valence-corrected chi connectivity index (χ1v) is 8.73. The predicted molar refractivity (Wildman–Crippen MR) is 98.1 cm³/mol. The third kappa shape index (κ3) is 3.76. The van der Waals surface area contributed by atoms with E-state index in [2.05, 4.69) is 9.72 Å². The van der Waals surface area contributed by atoms with E-state index in [1.807, 2.05) is 0 Å². The van der Waals surface area contributed by atoms with Gasteiger partial charge in [-0.15, -0.1) is 13.2 Å². The Bertz CT molecular complexity index is 1130. The van der Waals surface area contributed by atoms with E-state index in [0.29, 0.717) is 10.9 Å². The van der Waals surface area contributed by atoms with Crippen molar-refractivity contribution in [1.29, 1.82) is 0 Å². The molecule has 0 unspecified atom stereocenters. The number of benzene rings is 2. The van der Waals surface area contributed by atoms with Crippen molar-refractivity contribution in [2.75, 3.05) is 11.4 Å². The van der Waals surface area contributed by atoms with Crippen molar-refractivity contribution in [3.8, 4) is 5.75 Å². The Hall–Kier alpha value is -3.69. The van der Waals surface area contributed by atoms with Crippen LogP contribution in [0.5, 0.6) is 5.75 Å². The normalized spacial score (nSPS) is 14.7. The van der Waals surface area contributed by atoms with E-state index in [4.69, 9.17) is 0 Å². The molecule has 30 heavy (non-hydrogen) atoms. The van der Waals surface area contributed by atoms with Crippen molar-refractivity contribution in [2.24, 2.45) is 0 Å². The first-order chi connectivity index (χ1) is 14.2. The molecular formula is C20H13F4N3O3. The summed E-state index contributed by atoms with van der Waals surface area (Å²) in [5, 5.41) is 0.518. The molecule has 2 heterocycles. The second-order valence-electron chi connectivity index (χ2n) is 6.51. The number of fused-ring (bicyclic) bond motifs is 1. The monoisotopic (exact) mass is 419 g/mol. The van der Waals surface area contributed by atoms with Crippen molar-refractivity contribution >= 4 is 28.5 Å². The Morgan fingerprint density at radius 3 is 2.43 bits per heavy atom.